The second kappa shape index (κ2) is 7.36. The van der Waals surface area contributed by atoms with Crippen LogP contribution in [0.4, 0.5) is 0 Å². The van der Waals surface area contributed by atoms with Gasteiger partial charge in [0.25, 0.3) is 0 Å². The van der Waals surface area contributed by atoms with E-state index in [9.17, 15) is 13.7 Å². The Hall–Kier alpha value is -2.56. The summed E-state index contributed by atoms with van der Waals surface area (Å²) in [6.07, 6.45) is 3.15. The van der Waals surface area contributed by atoms with E-state index in [1.807, 2.05) is 6.07 Å². The lowest BCUT2D eigenvalue weighted by Gasteiger charge is -2.17. The normalized spacial score (nSPS) is 13.9. The molecule has 0 radical (unpaired) electrons. The predicted molar refractivity (Wildman–Crippen MR) is 101 cm³/mol. The lowest BCUT2D eigenvalue weighted by Crippen LogP contribution is -2.09. The molecule has 132 valence electrons. The first-order valence-corrected chi connectivity index (χ1v) is 9.85. The quantitative estimate of drug-likeness (QED) is 0.680. The van der Waals surface area contributed by atoms with E-state index >= 15 is 0 Å². The maximum atomic E-state index is 12.7. The van der Waals surface area contributed by atoms with Gasteiger partial charge >= 0.3 is 0 Å². The van der Waals surface area contributed by atoms with Gasteiger partial charge in [0, 0.05) is 16.1 Å². The standard InChI is InChI=1S/C19H14BrNO4S/c1-24-16-5-2-14-8-13(12-25-19(14)10-16)9-18(11-21)26(22,23)17-6-3-15(20)4-7-17/h2-10H,12H2,1H3. The number of nitrogens with zero attached hydrogens (tertiary/aromatic N) is 1. The topological polar surface area (TPSA) is 76.4 Å². The molecule has 0 saturated heterocycles. The summed E-state index contributed by atoms with van der Waals surface area (Å²) in [5, 5.41) is 9.38. The first-order valence-electron chi connectivity index (χ1n) is 7.58. The molecular weight excluding hydrogens is 418 g/mol. The van der Waals surface area contributed by atoms with Crippen LogP contribution in [-0.2, 0) is 9.84 Å². The van der Waals surface area contributed by atoms with E-state index in [4.69, 9.17) is 9.47 Å². The number of ether oxygens (including phenoxy) is 2. The fourth-order valence-corrected chi connectivity index (χ4v) is 3.89. The fraction of sp³-hybridized carbons (Fsp3) is 0.105. The van der Waals surface area contributed by atoms with Gasteiger partial charge in [0.15, 0.2) is 0 Å². The van der Waals surface area contributed by atoms with Crippen molar-refractivity contribution in [2.45, 2.75) is 4.90 Å². The number of nitriles is 1. The third kappa shape index (κ3) is 3.66. The van der Waals surface area contributed by atoms with Crippen molar-refractivity contribution in [3.05, 3.63) is 69.1 Å². The van der Waals surface area contributed by atoms with Gasteiger partial charge in [0.1, 0.15) is 29.1 Å². The monoisotopic (exact) mass is 431 g/mol. The van der Waals surface area contributed by atoms with E-state index in [-0.39, 0.29) is 16.4 Å². The second-order valence-corrected chi connectivity index (χ2v) is 8.32. The van der Waals surface area contributed by atoms with Gasteiger partial charge in [0.2, 0.25) is 9.84 Å². The smallest absolute Gasteiger partial charge is 0.216 e. The number of sulfone groups is 1. The van der Waals surface area contributed by atoms with Crippen molar-refractivity contribution in [2.24, 2.45) is 0 Å². The summed E-state index contributed by atoms with van der Waals surface area (Å²) in [4.78, 5) is -0.261. The maximum Gasteiger partial charge on any atom is 0.216 e. The van der Waals surface area contributed by atoms with Gasteiger partial charge in [-0.1, -0.05) is 15.9 Å². The minimum absolute atomic E-state index is 0.0657. The average Bonchev–Trinajstić information content (AvgIpc) is 2.65. The fourth-order valence-electron chi connectivity index (χ4n) is 2.45. The molecule has 26 heavy (non-hydrogen) atoms. The van der Waals surface area contributed by atoms with E-state index < -0.39 is 9.84 Å². The summed E-state index contributed by atoms with van der Waals surface area (Å²) in [7, 11) is -2.32. The minimum atomic E-state index is -3.89. The summed E-state index contributed by atoms with van der Waals surface area (Å²) < 4.78 is 36.9. The number of methoxy groups -OCH3 is 1. The number of benzene rings is 2. The summed E-state index contributed by atoms with van der Waals surface area (Å²) >= 11 is 3.26. The van der Waals surface area contributed by atoms with Crippen LogP contribution in [0.5, 0.6) is 11.5 Å². The Bertz CT molecular complexity index is 1050. The van der Waals surface area contributed by atoms with E-state index in [0.29, 0.717) is 17.1 Å². The molecule has 0 amide bonds. The molecule has 3 rings (SSSR count). The highest BCUT2D eigenvalue weighted by Crippen LogP contribution is 2.31. The SMILES string of the molecule is COc1ccc2c(c1)OCC(C=C(C#N)S(=O)(=O)c1ccc(Br)cc1)=C2. The molecule has 2 aromatic rings. The first kappa shape index (κ1) is 18.2. The highest BCUT2D eigenvalue weighted by Gasteiger charge is 2.22. The molecule has 0 atom stereocenters. The molecule has 0 saturated carbocycles. The molecule has 2 aromatic carbocycles. The molecule has 1 heterocycles. The molecule has 0 aromatic heterocycles. The molecule has 0 bridgehead atoms. The summed E-state index contributed by atoms with van der Waals surface area (Å²) in [6.45, 7) is 0.168. The van der Waals surface area contributed by atoms with Crippen LogP contribution in [0, 0.1) is 11.3 Å². The van der Waals surface area contributed by atoms with Crippen molar-refractivity contribution in [1.29, 1.82) is 5.26 Å². The number of hydrogen-bond acceptors (Lipinski definition) is 5. The zero-order valence-corrected chi connectivity index (χ0v) is 16.2. The lowest BCUT2D eigenvalue weighted by molar-refractivity contribution is 0.346. The van der Waals surface area contributed by atoms with E-state index in [1.54, 1.807) is 43.5 Å². The van der Waals surface area contributed by atoms with Crippen LogP contribution >= 0.6 is 15.9 Å². The number of halogens is 1. The van der Waals surface area contributed by atoms with Gasteiger partial charge in [0.05, 0.1) is 12.0 Å². The summed E-state index contributed by atoms with van der Waals surface area (Å²) in [5.74, 6) is 1.32. The van der Waals surface area contributed by atoms with Crippen molar-refractivity contribution in [2.75, 3.05) is 13.7 Å². The van der Waals surface area contributed by atoms with Crippen LogP contribution in [0.3, 0.4) is 0 Å². The van der Waals surface area contributed by atoms with E-state index in [2.05, 4.69) is 15.9 Å². The molecule has 1 aliphatic rings. The lowest BCUT2D eigenvalue weighted by atomic mass is 10.1. The number of allylic oxidation sites excluding steroid dienone is 1. The Morgan fingerprint density at radius 2 is 2.00 bits per heavy atom. The average molecular weight is 432 g/mol. The van der Waals surface area contributed by atoms with Crippen molar-refractivity contribution in [3.63, 3.8) is 0 Å². The first-order chi connectivity index (χ1) is 12.4. The van der Waals surface area contributed by atoms with Gasteiger partial charge in [-0.3, -0.25) is 0 Å². The number of rotatable bonds is 4. The molecule has 0 N–H and O–H groups in total. The Morgan fingerprint density at radius 1 is 1.27 bits per heavy atom. The summed E-state index contributed by atoms with van der Waals surface area (Å²) in [6, 6.07) is 13.3. The Kier molecular flexibility index (Phi) is 5.16. The van der Waals surface area contributed by atoms with Crippen molar-refractivity contribution in [1.82, 2.24) is 0 Å². The summed E-state index contributed by atoms with van der Waals surface area (Å²) in [5.41, 5.74) is 1.39. The van der Waals surface area contributed by atoms with Crippen LogP contribution in [0.15, 0.2) is 68.4 Å². The Balaban J connectivity index is 1.98. The van der Waals surface area contributed by atoms with Crippen LogP contribution < -0.4 is 9.47 Å². The van der Waals surface area contributed by atoms with Crippen molar-refractivity contribution >= 4 is 31.8 Å². The minimum Gasteiger partial charge on any atom is -0.497 e. The molecule has 7 heteroatoms. The Labute approximate surface area is 160 Å². The van der Waals surface area contributed by atoms with Crippen molar-refractivity contribution < 1.29 is 17.9 Å². The van der Waals surface area contributed by atoms with Gasteiger partial charge in [-0.15, -0.1) is 0 Å². The molecule has 0 aliphatic carbocycles. The van der Waals surface area contributed by atoms with Crippen LogP contribution in [-0.4, -0.2) is 22.1 Å². The molecule has 5 nitrogen and oxygen atoms in total. The van der Waals surface area contributed by atoms with E-state index in [1.165, 1.54) is 18.2 Å². The third-order valence-corrected chi connectivity index (χ3v) is 6.01. The Morgan fingerprint density at radius 3 is 2.65 bits per heavy atom. The van der Waals surface area contributed by atoms with Gasteiger partial charge in [-0.25, -0.2) is 8.42 Å². The zero-order chi connectivity index (χ0) is 18.7. The zero-order valence-electron chi connectivity index (χ0n) is 13.8. The highest BCUT2D eigenvalue weighted by atomic mass is 79.9. The van der Waals surface area contributed by atoms with Crippen LogP contribution in [0.1, 0.15) is 5.56 Å². The van der Waals surface area contributed by atoms with E-state index in [0.717, 1.165) is 10.0 Å². The van der Waals surface area contributed by atoms with Crippen LogP contribution in [0.25, 0.3) is 6.08 Å². The van der Waals surface area contributed by atoms with Gasteiger partial charge in [-0.05, 0) is 54.1 Å². The predicted octanol–water partition coefficient (Wildman–Crippen LogP) is 4.11. The van der Waals surface area contributed by atoms with Crippen molar-refractivity contribution in [3.8, 4) is 17.6 Å². The van der Waals surface area contributed by atoms with Gasteiger partial charge in [-0.2, -0.15) is 5.26 Å². The second-order valence-electron chi connectivity index (χ2n) is 5.49. The molecule has 0 fully saturated rings. The molecule has 0 spiro atoms. The highest BCUT2D eigenvalue weighted by molar-refractivity contribution is 9.10. The molecule has 0 unspecified atom stereocenters. The van der Waals surface area contributed by atoms with Crippen LogP contribution in [0.2, 0.25) is 0 Å². The van der Waals surface area contributed by atoms with Gasteiger partial charge < -0.3 is 9.47 Å². The number of hydrogen-bond donors (Lipinski definition) is 0. The molecule has 1 aliphatic heterocycles. The maximum absolute atomic E-state index is 12.7. The molecular formula is C19H14BrNO4S. The number of fused-ring (bicyclic) bond motifs is 1. The third-order valence-electron chi connectivity index (χ3n) is 3.80. The largest absolute Gasteiger partial charge is 0.497 e.